The summed E-state index contributed by atoms with van der Waals surface area (Å²) in [6.07, 6.45) is 3.63. The van der Waals surface area contributed by atoms with Crippen LogP contribution < -0.4 is 0 Å². The molecular weight excluding hydrogens is 302 g/mol. The number of rotatable bonds is 3. The van der Waals surface area contributed by atoms with Crippen LogP contribution in [0.15, 0.2) is 52.5 Å². The van der Waals surface area contributed by atoms with Gasteiger partial charge in [0.1, 0.15) is 4.88 Å². The molecule has 0 aliphatic rings. The maximum atomic E-state index is 11.7. The minimum atomic E-state index is -0.303. The Bertz CT molecular complexity index is 811. The molecule has 3 aromatic rings. The zero-order chi connectivity index (χ0) is 14.8. The largest absolute Gasteiger partial charge is 0.465 e. The van der Waals surface area contributed by atoms with Crippen molar-refractivity contribution in [1.29, 1.82) is 0 Å². The molecule has 0 aliphatic heterocycles. The van der Waals surface area contributed by atoms with Gasteiger partial charge < -0.3 is 4.74 Å². The summed E-state index contributed by atoms with van der Waals surface area (Å²) < 4.78 is 5.78. The minimum Gasteiger partial charge on any atom is -0.465 e. The number of aromatic nitrogens is 1. The van der Waals surface area contributed by atoms with Gasteiger partial charge in [-0.25, -0.2) is 4.79 Å². The maximum absolute atomic E-state index is 11.7. The Labute approximate surface area is 131 Å². The van der Waals surface area contributed by atoms with Crippen LogP contribution in [-0.2, 0) is 4.74 Å². The van der Waals surface area contributed by atoms with Crippen LogP contribution in [0.1, 0.15) is 15.2 Å². The van der Waals surface area contributed by atoms with Crippen molar-refractivity contribution in [1.82, 2.24) is 4.98 Å². The van der Waals surface area contributed by atoms with Crippen LogP contribution in [0.3, 0.4) is 0 Å². The third-order valence-electron chi connectivity index (χ3n) is 3.11. The molecule has 3 rings (SSSR count). The number of benzene rings is 1. The van der Waals surface area contributed by atoms with E-state index in [0.29, 0.717) is 4.88 Å². The molecular formula is C16H13NO2S2. The van der Waals surface area contributed by atoms with Crippen LogP contribution >= 0.6 is 23.1 Å². The Kier molecular flexibility index (Phi) is 3.94. The Morgan fingerprint density at radius 2 is 2.05 bits per heavy atom. The number of esters is 1. The van der Waals surface area contributed by atoms with E-state index >= 15 is 0 Å². The van der Waals surface area contributed by atoms with Crippen molar-refractivity contribution < 1.29 is 9.53 Å². The fraction of sp³-hybridized carbons (Fsp3) is 0.125. The summed E-state index contributed by atoms with van der Waals surface area (Å²) >= 11 is 3.08. The lowest BCUT2D eigenvalue weighted by Crippen LogP contribution is -1.96. The molecule has 5 heteroatoms. The number of carbonyl (C=O) groups excluding carboxylic acids is 1. The molecule has 0 bridgehead atoms. The van der Waals surface area contributed by atoms with E-state index in [4.69, 9.17) is 4.74 Å². The van der Waals surface area contributed by atoms with Crippen LogP contribution in [0.25, 0.3) is 10.1 Å². The van der Waals surface area contributed by atoms with Gasteiger partial charge in [-0.2, -0.15) is 0 Å². The number of hydrogen-bond donors (Lipinski definition) is 0. The highest BCUT2D eigenvalue weighted by Gasteiger charge is 2.14. The summed E-state index contributed by atoms with van der Waals surface area (Å²) in [4.78, 5) is 18.8. The van der Waals surface area contributed by atoms with E-state index in [0.717, 1.165) is 15.0 Å². The monoisotopic (exact) mass is 315 g/mol. The molecule has 0 atom stereocenters. The minimum absolute atomic E-state index is 0.303. The lowest BCUT2D eigenvalue weighted by atomic mass is 10.2. The van der Waals surface area contributed by atoms with Gasteiger partial charge in [0.05, 0.1) is 11.8 Å². The van der Waals surface area contributed by atoms with Gasteiger partial charge in [0, 0.05) is 27.6 Å². The lowest BCUT2D eigenvalue weighted by Gasteiger charge is -2.05. The van der Waals surface area contributed by atoms with E-state index in [-0.39, 0.29) is 5.97 Å². The third-order valence-corrected chi connectivity index (χ3v) is 5.38. The van der Waals surface area contributed by atoms with E-state index in [1.165, 1.54) is 28.9 Å². The lowest BCUT2D eigenvalue weighted by molar-refractivity contribution is 0.0606. The molecule has 21 heavy (non-hydrogen) atoms. The van der Waals surface area contributed by atoms with Gasteiger partial charge in [-0.3, -0.25) is 4.98 Å². The highest BCUT2D eigenvalue weighted by atomic mass is 32.2. The smallest absolute Gasteiger partial charge is 0.348 e. The average Bonchev–Trinajstić information content (AvgIpc) is 2.94. The standard InChI is InChI=1S/C16H13NO2S2/c1-10-5-3-4-6-12(10)20-14-8-17-9-15-11(14)7-13(21-15)16(18)19-2/h3-9H,1-2H3. The van der Waals surface area contributed by atoms with Gasteiger partial charge in [0.15, 0.2) is 0 Å². The SMILES string of the molecule is COC(=O)c1cc2c(Sc3ccccc3C)cncc2s1. The van der Waals surface area contributed by atoms with Crippen LogP contribution in [-0.4, -0.2) is 18.1 Å². The van der Waals surface area contributed by atoms with E-state index in [9.17, 15) is 4.79 Å². The van der Waals surface area contributed by atoms with Gasteiger partial charge in [0.25, 0.3) is 0 Å². The predicted molar refractivity (Wildman–Crippen MR) is 86.3 cm³/mol. The summed E-state index contributed by atoms with van der Waals surface area (Å²) in [5.74, 6) is -0.303. The van der Waals surface area contributed by atoms with Gasteiger partial charge in [-0.15, -0.1) is 11.3 Å². The normalized spacial score (nSPS) is 10.8. The summed E-state index contributed by atoms with van der Waals surface area (Å²) in [6, 6.07) is 10.1. The number of methoxy groups -OCH3 is 1. The molecule has 2 heterocycles. The van der Waals surface area contributed by atoms with E-state index in [1.807, 2.05) is 24.4 Å². The van der Waals surface area contributed by atoms with Gasteiger partial charge in [-0.1, -0.05) is 30.0 Å². The first-order valence-corrected chi connectivity index (χ1v) is 8.01. The molecule has 0 aliphatic carbocycles. The fourth-order valence-electron chi connectivity index (χ4n) is 2.01. The predicted octanol–water partition coefficient (Wildman–Crippen LogP) is 4.54. The van der Waals surface area contributed by atoms with Crippen LogP contribution in [0.2, 0.25) is 0 Å². The Morgan fingerprint density at radius 3 is 2.81 bits per heavy atom. The Hall–Kier alpha value is -1.85. The molecule has 0 spiro atoms. The van der Waals surface area contributed by atoms with Gasteiger partial charge >= 0.3 is 5.97 Å². The first kappa shape index (κ1) is 14.1. The molecule has 1 aromatic carbocycles. The number of aryl methyl sites for hydroxylation is 1. The van der Waals surface area contributed by atoms with Crippen molar-refractivity contribution in [3.8, 4) is 0 Å². The number of thiophene rings is 1. The Morgan fingerprint density at radius 1 is 1.24 bits per heavy atom. The molecule has 0 saturated carbocycles. The summed E-state index contributed by atoms with van der Waals surface area (Å²) in [5.41, 5.74) is 1.22. The highest BCUT2D eigenvalue weighted by Crippen LogP contribution is 2.37. The summed E-state index contributed by atoms with van der Waals surface area (Å²) in [7, 11) is 1.40. The quantitative estimate of drug-likeness (QED) is 0.665. The second kappa shape index (κ2) is 5.87. The molecule has 106 valence electrons. The molecule has 0 amide bonds. The van der Waals surface area contributed by atoms with Crippen LogP contribution in [0.5, 0.6) is 0 Å². The van der Waals surface area contributed by atoms with Crippen molar-refractivity contribution in [2.24, 2.45) is 0 Å². The average molecular weight is 315 g/mol. The first-order chi connectivity index (χ1) is 10.2. The summed E-state index contributed by atoms with van der Waals surface area (Å²) in [5, 5.41) is 1.05. The van der Waals surface area contributed by atoms with Crippen molar-refractivity contribution >= 4 is 39.2 Å². The highest BCUT2D eigenvalue weighted by molar-refractivity contribution is 7.99. The zero-order valence-electron chi connectivity index (χ0n) is 11.6. The van der Waals surface area contributed by atoms with Crippen molar-refractivity contribution in [2.45, 2.75) is 16.7 Å². The number of ether oxygens (including phenoxy) is 1. The summed E-state index contributed by atoms with van der Waals surface area (Å²) in [6.45, 7) is 2.09. The van der Waals surface area contributed by atoms with Crippen LogP contribution in [0.4, 0.5) is 0 Å². The van der Waals surface area contributed by atoms with Crippen molar-refractivity contribution in [3.63, 3.8) is 0 Å². The second-order valence-electron chi connectivity index (χ2n) is 4.52. The maximum Gasteiger partial charge on any atom is 0.348 e. The topological polar surface area (TPSA) is 39.2 Å². The number of nitrogens with zero attached hydrogens (tertiary/aromatic N) is 1. The number of fused-ring (bicyclic) bond motifs is 1. The molecule has 2 aromatic heterocycles. The zero-order valence-corrected chi connectivity index (χ0v) is 13.3. The molecule has 0 radical (unpaired) electrons. The number of carbonyl (C=O) groups is 1. The van der Waals surface area contributed by atoms with Crippen molar-refractivity contribution in [2.75, 3.05) is 7.11 Å². The van der Waals surface area contributed by atoms with Crippen molar-refractivity contribution in [3.05, 3.63) is 53.2 Å². The second-order valence-corrected chi connectivity index (χ2v) is 6.69. The van der Waals surface area contributed by atoms with E-state index in [1.54, 1.807) is 18.0 Å². The molecule has 3 nitrogen and oxygen atoms in total. The van der Waals surface area contributed by atoms with E-state index in [2.05, 4.69) is 24.0 Å². The number of hydrogen-bond acceptors (Lipinski definition) is 5. The Balaban J connectivity index is 2.05. The van der Waals surface area contributed by atoms with Gasteiger partial charge in [0.2, 0.25) is 0 Å². The fourth-order valence-corrected chi connectivity index (χ4v) is 4.05. The molecule has 0 fully saturated rings. The molecule has 0 saturated heterocycles. The van der Waals surface area contributed by atoms with Gasteiger partial charge in [-0.05, 0) is 24.6 Å². The molecule has 0 unspecified atom stereocenters. The first-order valence-electron chi connectivity index (χ1n) is 6.38. The van der Waals surface area contributed by atoms with Crippen LogP contribution in [0, 0.1) is 6.92 Å². The van der Waals surface area contributed by atoms with E-state index < -0.39 is 0 Å². The third kappa shape index (κ3) is 2.80. The number of pyridine rings is 1. The molecule has 0 N–H and O–H groups in total.